The lowest BCUT2D eigenvalue weighted by Crippen LogP contribution is -2.17. The van der Waals surface area contributed by atoms with Crippen molar-refractivity contribution in [2.45, 2.75) is 46.1 Å². The molecular formula is C37H29F6N7O7. The lowest BCUT2D eigenvalue weighted by Gasteiger charge is -2.09. The average molecular weight is 798 g/mol. The summed E-state index contributed by atoms with van der Waals surface area (Å²) >= 11 is 0. The number of aromatic amines is 2. The van der Waals surface area contributed by atoms with Gasteiger partial charge in [0.2, 0.25) is 0 Å². The van der Waals surface area contributed by atoms with Gasteiger partial charge in [-0.2, -0.15) is 10.2 Å². The molecular weight excluding hydrogens is 768 g/mol. The molecule has 0 fully saturated rings. The van der Waals surface area contributed by atoms with E-state index in [-0.39, 0.29) is 37.0 Å². The smallest absolute Gasteiger partial charge is 0.424 e. The number of carbonyl (C=O) groups is 1. The first-order chi connectivity index (χ1) is 27.0. The minimum Gasteiger partial charge on any atom is -0.424 e. The van der Waals surface area contributed by atoms with E-state index in [4.69, 9.17) is 14.3 Å². The van der Waals surface area contributed by atoms with E-state index in [0.717, 1.165) is 22.5 Å². The predicted octanol–water partition coefficient (Wildman–Crippen LogP) is 6.95. The van der Waals surface area contributed by atoms with Gasteiger partial charge in [-0.25, -0.2) is 14.8 Å². The minimum absolute atomic E-state index is 0.0718. The average Bonchev–Trinajstić information content (AvgIpc) is 3.94. The molecule has 6 heterocycles. The van der Waals surface area contributed by atoms with Crippen LogP contribution in [0, 0.1) is 13.8 Å². The van der Waals surface area contributed by atoms with Crippen molar-refractivity contribution in [2.24, 2.45) is 0 Å². The molecule has 0 unspecified atom stereocenters. The largest absolute Gasteiger partial charge is 0.573 e. The summed E-state index contributed by atoms with van der Waals surface area (Å²) in [6.07, 6.45) is -6.14. The number of aliphatic hydroxyl groups excluding tert-OH is 1. The number of carbonyl (C=O) groups excluding carboxylic acids is 1. The van der Waals surface area contributed by atoms with E-state index in [2.05, 4.69) is 39.8 Å². The van der Waals surface area contributed by atoms with E-state index in [1.807, 2.05) is 13.8 Å². The van der Waals surface area contributed by atoms with E-state index in [9.17, 15) is 35.9 Å². The molecule has 0 bridgehead atoms. The first-order valence-electron chi connectivity index (χ1n) is 16.6. The molecule has 1 aliphatic heterocycles. The fourth-order valence-electron chi connectivity index (χ4n) is 5.30. The third kappa shape index (κ3) is 10.2. The number of rotatable bonds is 7. The summed E-state index contributed by atoms with van der Waals surface area (Å²) in [4.78, 5) is 32.1. The van der Waals surface area contributed by atoms with Crippen LogP contribution in [-0.2, 0) is 24.4 Å². The molecule has 57 heavy (non-hydrogen) atoms. The number of fused-ring (bicyclic) bond motifs is 2. The van der Waals surface area contributed by atoms with Crippen LogP contribution in [-0.4, -0.2) is 58.7 Å². The number of oxazole rings is 1. The Morgan fingerprint density at radius 1 is 0.737 bits per heavy atom. The minimum atomic E-state index is -4.75. The quantitative estimate of drug-likeness (QED) is 0.112. The molecule has 1 aliphatic rings. The normalized spacial score (nSPS) is 12.3. The second kappa shape index (κ2) is 16.4. The molecule has 14 nitrogen and oxygen atoms in total. The van der Waals surface area contributed by atoms with Crippen LogP contribution in [0.15, 0.2) is 94.4 Å². The molecule has 2 aromatic carbocycles. The lowest BCUT2D eigenvalue weighted by molar-refractivity contribution is -0.275. The van der Waals surface area contributed by atoms with Crippen molar-refractivity contribution in [1.29, 1.82) is 0 Å². The van der Waals surface area contributed by atoms with E-state index < -0.39 is 18.5 Å². The standard InChI is InChI=1S/C18H13F3N4O3.C14H8F3NO3.C5H8N2O/c1-10-12(8-22-24-10)9-25-16-15(27-17(25)26)7-6-14(23-16)11-2-4-13(5-3-11)28-18(19,20)21;15-14(16,17)21-9-3-1-8(2-4-9)10-5-6-12-11(18-10)7-13(19)20-12;1-4-5(3-8)2-6-7-4/h2-8H,9H2,1H3,(H,22,24);1-6H,7H2;2,8H,3H2,1H3,(H,6,7). The molecule has 296 valence electrons. The van der Waals surface area contributed by atoms with Crippen molar-refractivity contribution in [3.05, 3.63) is 124 Å². The highest BCUT2D eigenvalue weighted by atomic mass is 19.4. The highest BCUT2D eigenvalue weighted by Gasteiger charge is 2.32. The van der Waals surface area contributed by atoms with Crippen molar-refractivity contribution in [3.63, 3.8) is 0 Å². The fourth-order valence-corrected chi connectivity index (χ4v) is 5.30. The highest BCUT2D eigenvalue weighted by Crippen LogP contribution is 2.30. The zero-order valence-electron chi connectivity index (χ0n) is 29.6. The Labute approximate surface area is 316 Å². The molecule has 8 rings (SSSR count). The van der Waals surface area contributed by atoms with Gasteiger partial charge in [-0.05, 0) is 86.6 Å². The number of aliphatic hydroxyl groups is 1. The Morgan fingerprint density at radius 2 is 1.26 bits per heavy atom. The number of hydrogen-bond donors (Lipinski definition) is 3. The topological polar surface area (TPSA) is 183 Å². The Hall–Kier alpha value is -6.96. The van der Waals surface area contributed by atoms with Crippen LogP contribution >= 0.6 is 0 Å². The van der Waals surface area contributed by atoms with Crippen LogP contribution in [0.5, 0.6) is 17.2 Å². The van der Waals surface area contributed by atoms with Gasteiger partial charge in [0.15, 0.2) is 17.0 Å². The Balaban J connectivity index is 0.000000166. The fraction of sp³-hybridized carbons (Fsp3) is 0.189. The predicted molar refractivity (Wildman–Crippen MR) is 188 cm³/mol. The van der Waals surface area contributed by atoms with E-state index >= 15 is 0 Å². The Kier molecular flexibility index (Phi) is 11.4. The zero-order valence-corrected chi connectivity index (χ0v) is 29.6. The molecule has 0 radical (unpaired) electrons. The Morgan fingerprint density at radius 3 is 1.75 bits per heavy atom. The van der Waals surface area contributed by atoms with Gasteiger partial charge in [-0.3, -0.25) is 19.6 Å². The van der Waals surface area contributed by atoms with Crippen LogP contribution in [0.2, 0.25) is 0 Å². The van der Waals surface area contributed by atoms with Crippen molar-refractivity contribution >= 4 is 17.2 Å². The van der Waals surface area contributed by atoms with Gasteiger partial charge in [-0.15, -0.1) is 26.3 Å². The van der Waals surface area contributed by atoms with Crippen LogP contribution in [0.3, 0.4) is 0 Å². The van der Waals surface area contributed by atoms with Crippen LogP contribution in [0.4, 0.5) is 26.3 Å². The number of hydrogen-bond acceptors (Lipinski definition) is 11. The van der Waals surface area contributed by atoms with Crippen LogP contribution in [0.1, 0.15) is 28.2 Å². The molecule has 0 saturated heterocycles. The molecule has 7 aromatic rings. The maximum atomic E-state index is 12.3. The summed E-state index contributed by atoms with van der Waals surface area (Å²) in [5.74, 6) is -1.14. The SMILES string of the molecule is Cc1[nH]ncc1CO.Cc1[nH]ncc1Cn1c(=O)oc2ccc(-c3ccc(OC(F)(F)F)cc3)nc21.O=C1Cc2nc(-c3ccc(OC(F)(F)F)cc3)ccc2O1. The Bertz CT molecular complexity index is 2540. The number of nitrogens with zero attached hydrogens (tertiary/aromatic N) is 5. The van der Waals surface area contributed by atoms with Gasteiger partial charge in [0.25, 0.3) is 0 Å². The maximum absolute atomic E-state index is 12.3. The summed E-state index contributed by atoms with van der Waals surface area (Å²) in [6.45, 7) is 4.00. The second-order valence-corrected chi connectivity index (χ2v) is 12.1. The number of aryl methyl sites for hydroxylation is 2. The van der Waals surface area contributed by atoms with Crippen molar-refractivity contribution in [2.75, 3.05) is 0 Å². The van der Waals surface area contributed by atoms with E-state index in [0.29, 0.717) is 45.2 Å². The monoisotopic (exact) mass is 797 g/mol. The van der Waals surface area contributed by atoms with Crippen LogP contribution < -0.4 is 20.0 Å². The van der Waals surface area contributed by atoms with Gasteiger partial charge < -0.3 is 23.7 Å². The van der Waals surface area contributed by atoms with Crippen molar-refractivity contribution in [3.8, 4) is 39.8 Å². The molecule has 0 aliphatic carbocycles. The number of esters is 1. The molecule has 0 amide bonds. The number of nitrogens with one attached hydrogen (secondary N) is 2. The van der Waals surface area contributed by atoms with Gasteiger partial charge in [0.05, 0.1) is 49.0 Å². The summed E-state index contributed by atoms with van der Waals surface area (Å²) in [7, 11) is 0. The molecule has 0 saturated carbocycles. The van der Waals surface area contributed by atoms with Gasteiger partial charge >= 0.3 is 24.5 Å². The van der Waals surface area contributed by atoms with Crippen molar-refractivity contribution in [1.82, 2.24) is 34.9 Å². The molecule has 0 spiro atoms. The number of benzene rings is 2. The first kappa shape index (κ1) is 39.7. The summed E-state index contributed by atoms with van der Waals surface area (Å²) in [5.41, 5.74) is 6.80. The molecule has 20 heteroatoms. The number of H-pyrrole nitrogens is 2. The lowest BCUT2D eigenvalue weighted by atomic mass is 10.1. The number of alkyl halides is 6. The van der Waals surface area contributed by atoms with E-state index in [1.54, 1.807) is 36.7 Å². The first-order valence-corrected chi connectivity index (χ1v) is 16.6. The summed E-state index contributed by atoms with van der Waals surface area (Å²) in [6, 6.07) is 17.1. The summed E-state index contributed by atoms with van der Waals surface area (Å²) in [5, 5.41) is 21.7. The second-order valence-electron chi connectivity index (χ2n) is 12.1. The van der Waals surface area contributed by atoms with Gasteiger partial charge in [0.1, 0.15) is 11.5 Å². The molecule has 3 N–H and O–H groups in total. The number of ether oxygens (including phenoxy) is 3. The maximum Gasteiger partial charge on any atom is 0.573 e. The van der Waals surface area contributed by atoms with Crippen LogP contribution in [0.25, 0.3) is 33.7 Å². The third-order valence-electron chi connectivity index (χ3n) is 8.12. The third-order valence-corrected chi connectivity index (χ3v) is 8.12. The van der Waals surface area contributed by atoms with Gasteiger partial charge in [0, 0.05) is 33.6 Å². The number of pyridine rings is 2. The zero-order chi connectivity index (χ0) is 40.9. The van der Waals surface area contributed by atoms with E-state index in [1.165, 1.54) is 53.1 Å². The number of halogens is 6. The van der Waals surface area contributed by atoms with Crippen molar-refractivity contribution < 1.29 is 54.9 Å². The molecule has 5 aromatic heterocycles. The summed E-state index contributed by atoms with van der Waals surface area (Å²) < 4.78 is 92.3. The van der Waals surface area contributed by atoms with Gasteiger partial charge in [-0.1, -0.05) is 0 Å². The molecule has 0 atom stereocenters. The highest BCUT2D eigenvalue weighted by molar-refractivity contribution is 5.80. The number of aromatic nitrogens is 7.